The van der Waals surface area contributed by atoms with E-state index in [0.29, 0.717) is 0 Å². The van der Waals surface area contributed by atoms with Crippen LogP contribution in [-0.4, -0.2) is 6.17 Å². The first-order valence-corrected chi connectivity index (χ1v) is 7.15. The van der Waals surface area contributed by atoms with Crippen molar-refractivity contribution >= 4 is 11.4 Å². The maximum absolute atomic E-state index is 12.5. The summed E-state index contributed by atoms with van der Waals surface area (Å²) >= 11 is 0. The number of rotatable bonds is 4. The van der Waals surface area contributed by atoms with Gasteiger partial charge in [0.05, 0.1) is 22.5 Å². The van der Waals surface area contributed by atoms with Crippen molar-refractivity contribution in [3.63, 3.8) is 0 Å². The van der Waals surface area contributed by atoms with Crippen LogP contribution < -0.4 is 0 Å². The minimum absolute atomic E-state index is 0.0629. The normalized spacial score (nSPS) is 13.8. The van der Waals surface area contributed by atoms with Gasteiger partial charge in [0.25, 0.3) is 6.17 Å². The van der Waals surface area contributed by atoms with Gasteiger partial charge < -0.3 is 0 Å². The van der Waals surface area contributed by atoms with Gasteiger partial charge in [-0.25, -0.2) is 0 Å². The molecule has 0 unspecified atom stereocenters. The summed E-state index contributed by atoms with van der Waals surface area (Å²) in [4.78, 5) is 0. The van der Waals surface area contributed by atoms with Crippen LogP contribution in [0.1, 0.15) is 11.1 Å². The van der Waals surface area contributed by atoms with Gasteiger partial charge in [-0.3, -0.25) is 0 Å². The van der Waals surface area contributed by atoms with Crippen molar-refractivity contribution in [3.05, 3.63) is 59.7 Å². The quantitative estimate of drug-likeness (QED) is 0.441. The van der Waals surface area contributed by atoms with Gasteiger partial charge in [0, 0.05) is 0 Å². The lowest BCUT2D eigenvalue weighted by Gasteiger charge is -2.05. The fourth-order valence-electron chi connectivity index (χ4n) is 1.75. The van der Waals surface area contributed by atoms with Crippen molar-refractivity contribution in [2.45, 2.75) is 18.5 Å². The second kappa shape index (κ2) is 7.94. The van der Waals surface area contributed by atoms with Crippen LogP contribution in [0.15, 0.2) is 69.0 Å². The number of hydrogen-bond donors (Lipinski definition) is 0. The van der Waals surface area contributed by atoms with E-state index < -0.39 is 29.6 Å². The average molecular weight is 385 g/mol. The minimum Gasteiger partial charge on any atom is -0.194 e. The second-order valence-electron chi connectivity index (χ2n) is 5.02. The molecule has 0 atom stereocenters. The Hall–Kier alpha value is -3.29. The first kappa shape index (κ1) is 20.0. The zero-order chi connectivity index (χ0) is 20.1. The third-order valence-electron chi connectivity index (χ3n) is 3.07. The molecule has 0 radical (unpaired) electrons. The minimum atomic E-state index is -4.49. The summed E-state index contributed by atoms with van der Waals surface area (Å²) in [6.07, 6.45) is -10.4. The first-order chi connectivity index (χ1) is 12.6. The number of alkyl halides is 6. The molecular formula is C16H9F6N5. The van der Waals surface area contributed by atoms with E-state index in [0.717, 1.165) is 48.5 Å². The smallest absolute Gasteiger partial charge is 0.194 e. The lowest BCUT2D eigenvalue weighted by atomic mass is 10.2. The van der Waals surface area contributed by atoms with Crippen LogP contribution in [0.25, 0.3) is 0 Å². The molecule has 5 nitrogen and oxygen atoms in total. The monoisotopic (exact) mass is 385 g/mol. The molecule has 0 N–H and O–H groups in total. The Bertz CT molecular complexity index is 793. The SMILES string of the molecule is N#CC(N=Nc1ccc(C(F)(F)F)cc1)N=Nc1ccc(C(F)(F)F)cc1. The largest absolute Gasteiger partial charge is 0.416 e. The average Bonchev–Trinajstić information content (AvgIpc) is 2.61. The molecule has 0 aliphatic heterocycles. The van der Waals surface area contributed by atoms with E-state index in [1.165, 1.54) is 0 Å². The number of nitriles is 1. The molecule has 0 amide bonds. The maximum atomic E-state index is 12.5. The molecule has 2 aromatic carbocycles. The van der Waals surface area contributed by atoms with E-state index >= 15 is 0 Å². The fraction of sp³-hybridized carbons (Fsp3) is 0.188. The van der Waals surface area contributed by atoms with Crippen molar-refractivity contribution in [2.75, 3.05) is 0 Å². The second-order valence-corrected chi connectivity index (χ2v) is 5.02. The molecule has 0 saturated carbocycles. The molecule has 2 aromatic rings. The Kier molecular flexibility index (Phi) is 5.89. The highest BCUT2D eigenvalue weighted by molar-refractivity contribution is 5.40. The zero-order valence-electron chi connectivity index (χ0n) is 13.2. The first-order valence-electron chi connectivity index (χ1n) is 7.15. The van der Waals surface area contributed by atoms with Gasteiger partial charge >= 0.3 is 12.4 Å². The Morgan fingerprint density at radius 1 is 0.667 bits per heavy atom. The van der Waals surface area contributed by atoms with Crippen LogP contribution in [0.3, 0.4) is 0 Å². The van der Waals surface area contributed by atoms with Crippen LogP contribution in [0.2, 0.25) is 0 Å². The van der Waals surface area contributed by atoms with Crippen molar-refractivity contribution in [3.8, 4) is 6.07 Å². The molecule has 140 valence electrons. The van der Waals surface area contributed by atoms with Gasteiger partial charge in [-0.15, -0.1) is 10.2 Å². The summed E-state index contributed by atoms with van der Waals surface area (Å²) in [6.45, 7) is 0. The van der Waals surface area contributed by atoms with Gasteiger partial charge in [0.1, 0.15) is 6.07 Å². The molecule has 0 aliphatic carbocycles. The van der Waals surface area contributed by atoms with Gasteiger partial charge in [-0.1, -0.05) is 0 Å². The van der Waals surface area contributed by atoms with Gasteiger partial charge in [-0.2, -0.15) is 41.8 Å². The van der Waals surface area contributed by atoms with Crippen LogP contribution in [0.4, 0.5) is 37.7 Å². The molecule has 0 aliphatic rings. The Labute approximate surface area is 148 Å². The van der Waals surface area contributed by atoms with Crippen molar-refractivity contribution in [1.29, 1.82) is 5.26 Å². The summed E-state index contributed by atoms with van der Waals surface area (Å²) in [5, 5.41) is 23.1. The summed E-state index contributed by atoms with van der Waals surface area (Å²) in [7, 11) is 0. The topological polar surface area (TPSA) is 73.2 Å². The number of benzene rings is 2. The summed E-state index contributed by atoms with van der Waals surface area (Å²) < 4.78 is 74.7. The van der Waals surface area contributed by atoms with E-state index in [2.05, 4.69) is 20.5 Å². The molecule has 11 heteroatoms. The molecule has 0 spiro atoms. The van der Waals surface area contributed by atoms with Crippen LogP contribution >= 0.6 is 0 Å². The summed E-state index contributed by atoms with van der Waals surface area (Å²) in [5.41, 5.74) is -1.60. The van der Waals surface area contributed by atoms with E-state index in [1.54, 1.807) is 6.07 Å². The third-order valence-corrected chi connectivity index (χ3v) is 3.07. The van der Waals surface area contributed by atoms with Gasteiger partial charge in [0.2, 0.25) is 0 Å². The highest BCUT2D eigenvalue weighted by Crippen LogP contribution is 2.31. The van der Waals surface area contributed by atoms with Crippen LogP contribution in [0, 0.1) is 11.3 Å². The number of hydrogen-bond acceptors (Lipinski definition) is 5. The predicted molar refractivity (Wildman–Crippen MR) is 81.3 cm³/mol. The van der Waals surface area contributed by atoms with Crippen molar-refractivity contribution < 1.29 is 26.3 Å². The zero-order valence-corrected chi connectivity index (χ0v) is 13.2. The number of azo groups is 2. The lowest BCUT2D eigenvalue weighted by Crippen LogP contribution is -2.03. The molecular weight excluding hydrogens is 376 g/mol. The lowest BCUT2D eigenvalue weighted by molar-refractivity contribution is -0.138. The molecule has 2 rings (SSSR count). The number of halogens is 6. The number of nitrogens with zero attached hydrogens (tertiary/aromatic N) is 5. The van der Waals surface area contributed by atoms with E-state index in [9.17, 15) is 26.3 Å². The standard InChI is InChI=1S/C16H9F6N5/c17-15(18,19)10-1-5-12(6-2-10)24-26-14(9-23)27-25-13-7-3-11(4-8-13)16(20,21)22/h1-8,14H. The fourth-order valence-corrected chi connectivity index (χ4v) is 1.75. The summed E-state index contributed by atoms with van der Waals surface area (Å²) in [6, 6.07) is 9.11. The molecule has 0 saturated heterocycles. The molecule has 0 heterocycles. The maximum Gasteiger partial charge on any atom is 0.416 e. The molecule has 0 aromatic heterocycles. The van der Waals surface area contributed by atoms with E-state index in [1.807, 2.05) is 0 Å². The van der Waals surface area contributed by atoms with Crippen molar-refractivity contribution in [2.24, 2.45) is 20.5 Å². The highest BCUT2D eigenvalue weighted by Gasteiger charge is 2.30. The highest BCUT2D eigenvalue weighted by atomic mass is 19.4. The van der Waals surface area contributed by atoms with E-state index in [-0.39, 0.29) is 11.4 Å². The Morgan fingerprint density at radius 2 is 1.00 bits per heavy atom. The van der Waals surface area contributed by atoms with Crippen LogP contribution in [-0.2, 0) is 12.4 Å². The summed E-state index contributed by atoms with van der Waals surface area (Å²) in [5.74, 6) is 0. The van der Waals surface area contributed by atoms with Crippen LogP contribution in [0.5, 0.6) is 0 Å². The van der Waals surface area contributed by atoms with E-state index in [4.69, 9.17) is 5.26 Å². The van der Waals surface area contributed by atoms with Gasteiger partial charge in [0.15, 0.2) is 0 Å². The third kappa shape index (κ3) is 5.88. The molecule has 0 bridgehead atoms. The van der Waals surface area contributed by atoms with Gasteiger partial charge in [-0.05, 0) is 48.5 Å². The molecule has 27 heavy (non-hydrogen) atoms. The predicted octanol–water partition coefficient (Wildman–Crippen LogP) is 6.44. The molecule has 0 fully saturated rings. The Morgan fingerprint density at radius 3 is 1.26 bits per heavy atom. The van der Waals surface area contributed by atoms with Crippen molar-refractivity contribution in [1.82, 2.24) is 0 Å². The Balaban J connectivity index is 2.06.